The summed E-state index contributed by atoms with van der Waals surface area (Å²) in [6, 6.07) is 4.15. The molecule has 0 unspecified atom stereocenters. The molecule has 11 heteroatoms. The van der Waals surface area contributed by atoms with Gasteiger partial charge in [0.05, 0.1) is 6.20 Å². The van der Waals surface area contributed by atoms with Crippen molar-refractivity contribution in [3.63, 3.8) is 0 Å². The Kier molecular flexibility index (Phi) is 7.96. The molecule has 0 radical (unpaired) electrons. The maximum Gasteiger partial charge on any atom is 0.490 e. The fraction of sp³-hybridized carbons (Fsp3) is 0.500. The molecule has 0 aliphatic carbocycles. The van der Waals surface area contributed by atoms with Crippen LogP contribution < -0.4 is 0 Å². The summed E-state index contributed by atoms with van der Waals surface area (Å²) in [7, 11) is 0. The first kappa shape index (κ1) is 24.6. The summed E-state index contributed by atoms with van der Waals surface area (Å²) in [6.45, 7) is 4.91. The number of nitrogens with zero attached hydrogens (tertiary/aromatic N) is 5. The lowest BCUT2D eigenvalue weighted by Crippen LogP contribution is -2.48. The van der Waals surface area contributed by atoms with Crippen molar-refractivity contribution in [2.75, 3.05) is 26.2 Å². The highest BCUT2D eigenvalue weighted by Crippen LogP contribution is 2.41. The van der Waals surface area contributed by atoms with E-state index < -0.39 is 12.1 Å². The van der Waals surface area contributed by atoms with Gasteiger partial charge >= 0.3 is 12.1 Å². The van der Waals surface area contributed by atoms with Gasteiger partial charge in [0.2, 0.25) is 0 Å². The Hall–Kier alpha value is -3.08. The molecule has 2 fully saturated rings. The Morgan fingerprint density at radius 3 is 2.09 bits per heavy atom. The number of piperidine rings is 2. The molecule has 2 aromatic rings. The predicted molar refractivity (Wildman–Crippen MR) is 112 cm³/mol. The summed E-state index contributed by atoms with van der Waals surface area (Å²) in [5, 5.41) is 7.12. The van der Waals surface area contributed by atoms with Crippen LogP contribution in [-0.4, -0.2) is 74.1 Å². The second-order valence-electron chi connectivity index (χ2n) is 8.32. The van der Waals surface area contributed by atoms with Gasteiger partial charge in [-0.25, -0.2) is 9.78 Å². The quantitative estimate of drug-likeness (QED) is 0.744. The lowest BCUT2D eigenvalue weighted by atomic mass is 9.71. The number of halogens is 3. The Morgan fingerprint density at radius 1 is 0.970 bits per heavy atom. The van der Waals surface area contributed by atoms with Crippen molar-refractivity contribution in [1.29, 1.82) is 0 Å². The maximum atomic E-state index is 12.5. The van der Waals surface area contributed by atoms with Crippen LogP contribution in [0.5, 0.6) is 0 Å². The van der Waals surface area contributed by atoms with Gasteiger partial charge in [-0.15, -0.1) is 0 Å². The van der Waals surface area contributed by atoms with E-state index >= 15 is 0 Å². The van der Waals surface area contributed by atoms with Crippen molar-refractivity contribution in [1.82, 2.24) is 24.8 Å². The van der Waals surface area contributed by atoms with E-state index in [1.807, 2.05) is 23.4 Å². The van der Waals surface area contributed by atoms with Gasteiger partial charge in [0.1, 0.15) is 5.69 Å². The van der Waals surface area contributed by atoms with Crippen LogP contribution in [0.3, 0.4) is 0 Å². The van der Waals surface area contributed by atoms with Gasteiger partial charge in [-0.2, -0.15) is 13.2 Å². The van der Waals surface area contributed by atoms with Gasteiger partial charge in [-0.1, -0.05) is 6.07 Å². The zero-order chi connectivity index (χ0) is 23.9. The SMILES string of the molecule is O=C(O)C(F)(F)F.O=C(c1cnccn1)N1CCC2(CCN(Cc3cccnc3)CC2)CC1. The molecule has 0 bridgehead atoms. The minimum absolute atomic E-state index is 0.0157. The first-order chi connectivity index (χ1) is 15.7. The Bertz CT molecular complexity index is 910. The van der Waals surface area contributed by atoms with Gasteiger partial charge in [-0.05, 0) is 55.8 Å². The molecular formula is C22H26F3N5O3. The summed E-state index contributed by atoms with van der Waals surface area (Å²) >= 11 is 0. The fourth-order valence-corrected chi connectivity index (χ4v) is 4.19. The number of carboxylic acids is 1. The molecule has 2 aromatic heterocycles. The van der Waals surface area contributed by atoms with E-state index in [0.29, 0.717) is 11.1 Å². The van der Waals surface area contributed by atoms with Crippen molar-refractivity contribution < 1.29 is 27.9 Å². The number of rotatable bonds is 3. The molecule has 8 nitrogen and oxygen atoms in total. The Morgan fingerprint density at radius 2 is 1.58 bits per heavy atom. The molecule has 1 spiro atoms. The second kappa shape index (κ2) is 10.7. The number of hydrogen-bond acceptors (Lipinski definition) is 6. The molecule has 4 rings (SSSR count). The van der Waals surface area contributed by atoms with Gasteiger partial charge in [0.15, 0.2) is 0 Å². The summed E-state index contributed by atoms with van der Waals surface area (Å²) in [5.41, 5.74) is 2.15. The highest BCUT2D eigenvalue weighted by atomic mass is 19.4. The van der Waals surface area contributed by atoms with Crippen molar-refractivity contribution in [3.05, 3.63) is 54.4 Å². The molecule has 2 aliphatic rings. The normalized spacial score (nSPS) is 18.3. The topological polar surface area (TPSA) is 99.5 Å². The van der Waals surface area contributed by atoms with Crippen LogP contribution in [0.15, 0.2) is 43.1 Å². The largest absolute Gasteiger partial charge is 0.490 e. The van der Waals surface area contributed by atoms with E-state index in [4.69, 9.17) is 9.90 Å². The van der Waals surface area contributed by atoms with Crippen LogP contribution in [0.25, 0.3) is 0 Å². The monoisotopic (exact) mass is 465 g/mol. The number of alkyl halides is 3. The minimum atomic E-state index is -5.08. The van der Waals surface area contributed by atoms with Crippen LogP contribution >= 0.6 is 0 Å². The van der Waals surface area contributed by atoms with Crippen LogP contribution in [0.1, 0.15) is 41.7 Å². The van der Waals surface area contributed by atoms with Gasteiger partial charge in [-0.3, -0.25) is 19.7 Å². The second-order valence-corrected chi connectivity index (χ2v) is 8.32. The van der Waals surface area contributed by atoms with Gasteiger partial charge in [0.25, 0.3) is 5.91 Å². The zero-order valence-electron chi connectivity index (χ0n) is 18.0. The summed E-state index contributed by atoms with van der Waals surface area (Å²) in [4.78, 5) is 38.3. The summed E-state index contributed by atoms with van der Waals surface area (Å²) < 4.78 is 31.7. The van der Waals surface area contributed by atoms with E-state index in [2.05, 4.69) is 25.9 Å². The van der Waals surface area contributed by atoms with Crippen LogP contribution in [0.2, 0.25) is 0 Å². The van der Waals surface area contributed by atoms with Gasteiger partial charge < -0.3 is 10.0 Å². The Balaban J connectivity index is 0.000000383. The van der Waals surface area contributed by atoms with Gasteiger partial charge in [0, 0.05) is 44.4 Å². The third kappa shape index (κ3) is 6.95. The maximum absolute atomic E-state index is 12.5. The third-order valence-corrected chi connectivity index (χ3v) is 6.18. The van der Waals surface area contributed by atoms with Crippen molar-refractivity contribution in [2.45, 2.75) is 38.4 Å². The lowest BCUT2D eigenvalue weighted by molar-refractivity contribution is -0.192. The van der Waals surface area contributed by atoms with Crippen molar-refractivity contribution in [2.24, 2.45) is 5.41 Å². The minimum Gasteiger partial charge on any atom is -0.475 e. The highest BCUT2D eigenvalue weighted by Gasteiger charge is 2.39. The molecule has 33 heavy (non-hydrogen) atoms. The fourth-order valence-electron chi connectivity index (χ4n) is 4.19. The van der Waals surface area contributed by atoms with E-state index in [-0.39, 0.29) is 5.91 Å². The number of carbonyl (C=O) groups excluding carboxylic acids is 1. The number of hydrogen-bond donors (Lipinski definition) is 1. The molecule has 1 amide bonds. The standard InChI is InChI=1S/C20H25N5O.C2HF3O2/c26-19(18-15-22-8-9-23-18)25-12-5-20(6-13-25)3-10-24(11-4-20)16-17-2-1-7-21-14-17;3-2(4,5)1(6)7/h1-2,7-9,14-15H,3-6,10-13,16H2;(H,6,7). The molecule has 1 N–H and O–H groups in total. The number of aliphatic carboxylic acids is 1. The molecule has 2 aliphatic heterocycles. The third-order valence-electron chi connectivity index (χ3n) is 6.18. The summed E-state index contributed by atoms with van der Waals surface area (Å²) in [5.74, 6) is -2.74. The van der Waals surface area contributed by atoms with E-state index in [0.717, 1.165) is 45.6 Å². The summed E-state index contributed by atoms with van der Waals surface area (Å²) in [6.07, 6.45) is 8.08. The first-order valence-electron chi connectivity index (χ1n) is 10.7. The molecule has 0 atom stereocenters. The number of carbonyl (C=O) groups is 2. The zero-order valence-corrected chi connectivity index (χ0v) is 18.0. The highest BCUT2D eigenvalue weighted by molar-refractivity contribution is 5.92. The molecule has 0 aromatic carbocycles. The first-order valence-corrected chi connectivity index (χ1v) is 10.7. The number of amides is 1. The number of likely N-dealkylation sites (tertiary alicyclic amines) is 2. The van der Waals surface area contributed by atoms with Crippen molar-refractivity contribution in [3.8, 4) is 0 Å². The average Bonchev–Trinajstić information content (AvgIpc) is 2.82. The predicted octanol–water partition coefficient (Wildman–Crippen LogP) is 3.02. The van der Waals surface area contributed by atoms with E-state index in [9.17, 15) is 18.0 Å². The Labute approximate surface area is 189 Å². The molecule has 4 heterocycles. The van der Waals surface area contributed by atoms with Crippen molar-refractivity contribution >= 4 is 11.9 Å². The molecule has 178 valence electrons. The number of carboxylic acid groups (broad SMARTS) is 1. The lowest BCUT2D eigenvalue weighted by Gasteiger charge is -2.46. The van der Waals surface area contributed by atoms with E-state index in [1.165, 1.54) is 18.4 Å². The molecular weight excluding hydrogens is 439 g/mol. The smallest absolute Gasteiger partial charge is 0.475 e. The molecule has 2 saturated heterocycles. The van der Waals surface area contributed by atoms with Crippen LogP contribution in [0, 0.1) is 5.41 Å². The molecule has 0 saturated carbocycles. The number of pyridine rings is 1. The van der Waals surface area contributed by atoms with Crippen LogP contribution in [-0.2, 0) is 11.3 Å². The van der Waals surface area contributed by atoms with Crippen LogP contribution in [0.4, 0.5) is 13.2 Å². The van der Waals surface area contributed by atoms with E-state index in [1.54, 1.807) is 18.6 Å². The number of aromatic nitrogens is 3. The average molecular weight is 465 g/mol.